The normalized spacial score (nSPS) is 32.7. The van der Waals surface area contributed by atoms with Crippen LogP contribution in [0.3, 0.4) is 0 Å². The molecule has 2 fully saturated rings. The van der Waals surface area contributed by atoms with E-state index in [-0.39, 0.29) is 13.0 Å². The maximum atomic E-state index is 12.6. The van der Waals surface area contributed by atoms with Crippen LogP contribution in [0.1, 0.15) is 6.42 Å². The number of hydrogen-bond acceptors (Lipinski definition) is 3. The lowest BCUT2D eigenvalue weighted by Crippen LogP contribution is -2.45. The average Bonchev–Trinajstić information content (AvgIpc) is 2.89. The van der Waals surface area contributed by atoms with Gasteiger partial charge >= 0.3 is 18.2 Å². The van der Waals surface area contributed by atoms with Gasteiger partial charge < -0.3 is 9.84 Å². The number of ether oxygens (including phenoxy) is 1. The molecule has 0 spiro atoms. The summed E-state index contributed by atoms with van der Waals surface area (Å²) >= 11 is 0. The fourth-order valence-corrected chi connectivity index (χ4v) is 2.71. The number of fused-ring (bicyclic) bond motifs is 1. The summed E-state index contributed by atoms with van der Waals surface area (Å²) in [4.78, 5) is 23.3. The van der Waals surface area contributed by atoms with Gasteiger partial charge in [-0.25, -0.2) is 9.59 Å². The molecule has 0 radical (unpaired) electrons. The third-order valence-electron chi connectivity index (χ3n) is 3.48. The van der Waals surface area contributed by atoms with E-state index in [0.717, 1.165) is 0 Å². The van der Waals surface area contributed by atoms with E-state index < -0.39 is 42.2 Å². The minimum absolute atomic E-state index is 0.171. The van der Waals surface area contributed by atoms with Gasteiger partial charge in [0, 0.05) is 0 Å². The zero-order valence-corrected chi connectivity index (χ0v) is 9.76. The second-order valence-corrected chi connectivity index (χ2v) is 4.58. The Morgan fingerprint density at radius 1 is 1.47 bits per heavy atom. The van der Waals surface area contributed by atoms with Crippen LogP contribution in [0.25, 0.3) is 0 Å². The number of carbonyl (C=O) groups excluding carboxylic acids is 1. The number of carboxylic acids is 1. The largest absolute Gasteiger partial charge is 0.480 e. The Labute approximate surface area is 106 Å². The zero-order chi connectivity index (χ0) is 14.4. The number of aliphatic carboxylic acids is 1. The molecular weight excluding hydrogens is 267 g/mol. The van der Waals surface area contributed by atoms with Crippen molar-refractivity contribution in [3.05, 3.63) is 12.7 Å². The van der Waals surface area contributed by atoms with E-state index >= 15 is 0 Å². The van der Waals surface area contributed by atoms with E-state index in [1.54, 1.807) is 0 Å². The van der Waals surface area contributed by atoms with Gasteiger partial charge in [0.05, 0.1) is 12.0 Å². The topological polar surface area (TPSA) is 66.8 Å². The summed E-state index contributed by atoms with van der Waals surface area (Å²) in [7, 11) is 0. The minimum atomic E-state index is -4.42. The Balaban J connectivity index is 2.13. The molecule has 1 heterocycles. The number of carbonyl (C=O) groups is 2. The van der Waals surface area contributed by atoms with Gasteiger partial charge in [-0.1, -0.05) is 12.7 Å². The maximum Gasteiger partial charge on any atom is 0.411 e. The molecule has 1 saturated carbocycles. The molecule has 0 bridgehead atoms. The molecule has 0 unspecified atom stereocenters. The van der Waals surface area contributed by atoms with E-state index in [4.69, 9.17) is 5.11 Å². The number of amides is 1. The van der Waals surface area contributed by atoms with Crippen LogP contribution in [0.15, 0.2) is 12.7 Å². The second-order valence-electron chi connectivity index (χ2n) is 4.58. The van der Waals surface area contributed by atoms with E-state index in [0.29, 0.717) is 4.90 Å². The van der Waals surface area contributed by atoms with Gasteiger partial charge in [-0.05, 0) is 12.3 Å². The number of likely N-dealkylation sites (tertiary alicyclic amines) is 1. The Bertz CT molecular complexity index is 423. The summed E-state index contributed by atoms with van der Waals surface area (Å²) in [6.07, 6.45) is -4.38. The van der Waals surface area contributed by atoms with Crippen molar-refractivity contribution < 1.29 is 32.6 Å². The number of nitrogens with zero attached hydrogens (tertiary/aromatic N) is 1. The average molecular weight is 279 g/mol. The summed E-state index contributed by atoms with van der Waals surface area (Å²) in [5.41, 5.74) is 0. The summed E-state index contributed by atoms with van der Waals surface area (Å²) in [6, 6.07) is -2.36. The number of rotatable bonds is 3. The highest BCUT2D eigenvalue weighted by Gasteiger charge is 2.73. The standard InChI is InChI=1S/C11H12F3NO4/c1-2-3-19-10(18)15-6(9(16)17)4-5-7(8(5)15)11(12,13)14/h2,5-8H,1,3-4H2,(H,16,17)/t5-,6-,7+,8-/m0/s1. The first-order chi connectivity index (χ1) is 8.79. The van der Waals surface area contributed by atoms with Crippen molar-refractivity contribution >= 4 is 12.1 Å². The number of alkyl halides is 3. The minimum Gasteiger partial charge on any atom is -0.480 e. The highest BCUT2D eigenvalue weighted by atomic mass is 19.4. The molecule has 19 heavy (non-hydrogen) atoms. The van der Waals surface area contributed by atoms with Crippen LogP contribution < -0.4 is 0 Å². The van der Waals surface area contributed by atoms with E-state index in [1.165, 1.54) is 6.08 Å². The van der Waals surface area contributed by atoms with Crippen molar-refractivity contribution in [3.8, 4) is 0 Å². The molecular formula is C11H12F3NO4. The molecule has 1 N–H and O–H groups in total. The summed E-state index contributed by atoms with van der Waals surface area (Å²) in [5.74, 6) is -3.79. The quantitative estimate of drug-likeness (QED) is 0.798. The van der Waals surface area contributed by atoms with E-state index in [9.17, 15) is 22.8 Å². The van der Waals surface area contributed by atoms with Crippen molar-refractivity contribution in [2.45, 2.75) is 24.7 Å². The van der Waals surface area contributed by atoms with Gasteiger partial charge in [0.2, 0.25) is 0 Å². The molecule has 0 aromatic heterocycles. The van der Waals surface area contributed by atoms with Crippen molar-refractivity contribution in [2.75, 3.05) is 6.61 Å². The Kier molecular flexibility index (Phi) is 3.19. The van der Waals surface area contributed by atoms with Crippen molar-refractivity contribution in [1.82, 2.24) is 4.90 Å². The van der Waals surface area contributed by atoms with Crippen LogP contribution in [-0.2, 0) is 9.53 Å². The van der Waals surface area contributed by atoms with Gasteiger partial charge in [0.1, 0.15) is 12.6 Å². The molecule has 1 amide bonds. The van der Waals surface area contributed by atoms with Crippen LogP contribution in [0.5, 0.6) is 0 Å². The maximum absolute atomic E-state index is 12.6. The predicted molar refractivity (Wildman–Crippen MR) is 56.2 cm³/mol. The van der Waals surface area contributed by atoms with Gasteiger partial charge in [0.15, 0.2) is 0 Å². The molecule has 106 valence electrons. The van der Waals surface area contributed by atoms with E-state index in [1.807, 2.05) is 0 Å². The fraction of sp³-hybridized carbons (Fsp3) is 0.636. The molecule has 8 heteroatoms. The molecule has 0 aromatic carbocycles. The highest BCUT2D eigenvalue weighted by molar-refractivity contribution is 5.82. The first-order valence-electron chi connectivity index (χ1n) is 5.64. The Morgan fingerprint density at radius 2 is 2.11 bits per heavy atom. The van der Waals surface area contributed by atoms with Crippen LogP contribution in [-0.4, -0.2) is 46.9 Å². The van der Waals surface area contributed by atoms with Gasteiger partial charge in [0.25, 0.3) is 0 Å². The number of hydrogen-bond donors (Lipinski definition) is 1. The van der Waals surface area contributed by atoms with Gasteiger partial charge in [-0.3, -0.25) is 4.90 Å². The predicted octanol–water partition coefficient (Wildman–Crippen LogP) is 1.64. The molecule has 2 aliphatic rings. The smallest absolute Gasteiger partial charge is 0.411 e. The molecule has 1 saturated heterocycles. The zero-order valence-electron chi connectivity index (χ0n) is 9.76. The molecule has 4 atom stereocenters. The number of carboxylic acid groups (broad SMARTS) is 1. The molecule has 5 nitrogen and oxygen atoms in total. The van der Waals surface area contributed by atoms with Crippen LogP contribution in [0.2, 0.25) is 0 Å². The first-order valence-corrected chi connectivity index (χ1v) is 5.64. The lowest BCUT2D eigenvalue weighted by molar-refractivity contribution is -0.162. The lowest BCUT2D eigenvalue weighted by atomic mass is 10.1. The second kappa shape index (κ2) is 4.43. The molecule has 1 aliphatic heterocycles. The van der Waals surface area contributed by atoms with Crippen LogP contribution in [0.4, 0.5) is 18.0 Å². The van der Waals surface area contributed by atoms with Crippen molar-refractivity contribution in [3.63, 3.8) is 0 Å². The van der Waals surface area contributed by atoms with Crippen LogP contribution in [0, 0.1) is 11.8 Å². The summed E-state index contributed by atoms with van der Waals surface area (Å²) in [5, 5.41) is 8.93. The number of halogens is 3. The fourth-order valence-electron chi connectivity index (χ4n) is 2.71. The Morgan fingerprint density at radius 3 is 2.58 bits per heavy atom. The first kappa shape index (κ1) is 13.7. The monoisotopic (exact) mass is 279 g/mol. The number of piperidine rings is 1. The molecule has 2 rings (SSSR count). The van der Waals surface area contributed by atoms with Gasteiger partial charge in [-0.2, -0.15) is 13.2 Å². The Hall–Kier alpha value is -1.73. The third kappa shape index (κ3) is 2.26. The lowest BCUT2D eigenvalue weighted by Gasteiger charge is -2.25. The summed E-state index contributed by atoms with van der Waals surface area (Å²) < 4.78 is 42.6. The van der Waals surface area contributed by atoms with E-state index in [2.05, 4.69) is 11.3 Å². The highest BCUT2D eigenvalue weighted by Crippen LogP contribution is 2.60. The van der Waals surface area contributed by atoms with Crippen molar-refractivity contribution in [1.29, 1.82) is 0 Å². The SMILES string of the molecule is C=CCOC(=O)N1[C@H]2[C@@H](C[C@H]1C(=O)O)[C@H]2C(F)(F)F. The van der Waals surface area contributed by atoms with Crippen LogP contribution >= 0.6 is 0 Å². The summed E-state index contributed by atoms with van der Waals surface area (Å²) in [6.45, 7) is 3.13. The molecule has 0 aromatic rings. The van der Waals surface area contributed by atoms with Crippen molar-refractivity contribution in [2.24, 2.45) is 11.8 Å². The molecule has 1 aliphatic carbocycles. The third-order valence-corrected chi connectivity index (χ3v) is 3.48. The van der Waals surface area contributed by atoms with Gasteiger partial charge in [-0.15, -0.1) is 0 Å².